The maximum absolute atomic E-state index is 13.1. The van der Waals surface area contributed by atoms with E-state index in [1.54, 1.807) is 12.1 Å². The molecule has 2 aromatic heterocycles. The lowest BCUT2D eigenvalue weighted by atomic mass is 10.0. The fourth-order valence-electron chi connectivity index (χ4n) is 2.05. The Morgan fingerprint density at radius 2 is 1.81 bits per heavy atom. The van der Waals surface area contributed by atoms with Gasteiger partial charge in [0.2, 0.25) is 0 Å². The van der Waals surface area contributed by atoms with E-state index in [0.29, 0.717) is 10.9 Å². The van der Waals surface area contributed by atoms with E-state index in [1.165, 1.54) is 24.5 Å². The van der Waals surface area contributed by atoms with Crippen LogP contribution in [0.25, 0.3) is 22.2 Å². The Labute approximate surface area is 122 Å². The van der Waals surface area contributed by atoms with Gasteiger partial charge >= 0.3 is 6.18 Å². The Balaban J connectivity index is 2.29. The van der Waals surface area contributed by atoms with Gasteiger partial charge in [0, 0.05) is 17.1 Å². The first-order valence-corrected chi connectivity index (χ1v) is 6.29. The zero-order valence-corrected chi connectivity index (χ0v) is 11.2. The van der Waals surface area contributed by atoms with Crippen LogP contribution in [0, 0.1) is 0 Å². The van der Waals surface area contributed by atoms with Crippen LogP contribution < -0.4 is 0 Å². The van der Waals surface area contributed by atoms with E-state index in [1.807, 2.05) is 0 Å². The highest BCUT2D eigenvalue weighted by atomic mass is 35.5. The quantitative estimate of drug-likeness (QED) is 0.670. The summed E-state index contributed by atoms with van der Waals surface area (Å²) in [6, 6.07) is 7.03. The minimum Gasteiger partial charge on any atom is -0.256 e. The van der Waals surface area contributed by atoms with Crippen LogP contribution in [0.1, 0.15) is 5.56 Å². The van der Waals surface area contributed by atoms with E-state index >= 15 is 0 Å². The van der Waals surface area contributed by atoms with Crippen LogP contribution >= 0.6 is 11.6 Å². The van der Waals surface area contributed by atoms with E-state index in [0.717, 1.165) is 6.07 Å². The van der Waals surface area contributed by atoms with Gasteiger partial charge in [-0.2, -0.15) is 18.3 Å². The minimum atomic E-state index is -4.51. The van der Waals surface area contributed by atoms with Gasteiger partial charge < -0.3 is 0 Å². The van der Waals surface area contributed by atoms with Gasteiger partial charge in [-0.1, -0.05) is 23.7 Å². The van der Waals surface area contributed by atoms with Crippen LogP contribution in [-0.2, 0) is 6.18 Å². The predicted molar refractivity (Wildman–Crippen MR) is 72.8 cm³/mol. The molecule has 0 aliphatic rings. The van der Waals surface area contributed by atoms with Crippen molar-refractivity contribution in [2.24, 2.45) is 0 Å². The lowest BCUT2D eigenvalue weighted by Crippen LogP contribution is -2.08. The van der Waals surface area contributed by atoms with Gasteiger partial charge in [0.1, 0.15) is 5.52 Å². The Bertz CT molecular complexity index is 818. The lowest BCUT2D eigenvalue weighted by molar-refractivity contribution is -0.137. The molecule has 2 heterocycles. The SMILES string of the molecule is FC(F)(F)c1cccnc1-c1ccc2ccnnc2c1Cl. The van der Waals surface area contributed by atoms with Crippen molar-refractivity contribution in [1.82, 2.24) is 15.2 Å². The molecule has 3 nitrogen and oxygen atoms in total. The lowest BCUT2D eigenvalue weighted by Gasteiger charge is -2.13. The van der Waals surface area contributed by atoms with Crippen molar-refractivity contribution in [3.05, 3.63) is 53.3 Å². The maximum atomic E-state index is 13.1. The number of nitrogens with zero attached hydrogens (tertiary/aromatic N) is 3. The van der Waals surface area contributed by atoms with Crippen LogP contribution in [-0.4, -0.2) is 15.2 Å². The van der Waals surface area contributed by atoms with Crippen LogP contribution in [0.2, 0.25) is 5.02 Å². The van der Waals surface area contributed by atoms with Crippen LogP contribution in [0.3, 0.4) is 0 Å². The monoisotopic (exact) mass is 309 g/mol. The third-order valence-corrected chi connectivity index (χ3v) is 3.38. The van der Waals surface area contributed by atoms with Gasteiger partial charge in [-0.15, -0.1) is 5.10 Å². The van der Waals surface area contributed by atoms with Crippen molar-refractivity contribution >= 4 is 22.5 Å². The second-order valence-electron chi connectivity index (χ2n) is 4.29. The third kappa shape index (κ3) is 2.42. The number of hydrogen-bond acceptors (Lipinski definition) is 3. The molecule has 21 heavy (non-hydrogen) atoms. The summed E-state index contributed by atoms with van der Waals surface area (Å²) in [5.41, 5.74) is -0.536. The molecule has 0 fully saturated rings. The summed E-state index contributed by atoms with van der Waals surface area (Å²) in [6.07, 6.45) is -1.73. The van der Waals surface area contributed by atoms with Crippen LogP contribution in [0.4, 0.5) is 13.2 Å². The molecule has 0 amide bonds. The van der Waals surface area contributed by atoms with Crippen molar-refractivity contribution < 1.29 is 13.2 Å². The molecule has 7 heteroatoms. The number of pyridine rings is 1. The van der Waals surface area contributed by atoms with Crippen molar-refractivity contribution in [3.63, 3.8) is 0 Å². The summed E-state index contributed by atoms with van der Waals surface area (Å²) in [5, 5.41) is 8.37. The molecule has 0 aliphatic carbocycles. The molecule has 0 bridgehead atoms. The van der Waals surface area contributed by atoms with E-state index in [-0.39, 0.29) is 16.3 Å². The van der Waals surface area contributed by atoms with Crippen molar-refractivity contribution in [3.8, 4) is 11.3 Å². The van der Waals surface area contributed by atoms with Gasteiger partial charge in [-0.25, -0.2) is 0 Å². The summed E-state index contributed by atoms with van der Waals surface area (Å²) in [7, 11) is 0. The molecule has 0 radical (unpaired) electrons. The topological polar surface area (TPSA) is 38.7 Å². The number of fused-ring (bicyclic) bond motifs is 1. The molecule has 0 unspecified atom stereocenters. The van der Waals surface area contributed by atoms with E-state index in [2.05, 4.69) is 15.2 Å². The normalized spacial score (nSPS) is 11.8. The second-order valence-corrected chi connectivity index (χ2v) is 4.67. The molecular formula is C14H7ClF3N3. The van der Waals surface area contributed by atoms with Gasteiger partial charge in [0.15, 0.2) is 0 Å². The predicted octanol–water partition coefficient (Wildman–Crippen LogP) is 4.36. The number of aromatic nitrogens is 3. The zero-order chi connectivity index (χ0) is 15.0. The molecule has 1 aromatic carbocycles. The van der Waals surface area contributed by atoms with Gasteiger partial charge in [-0.3, -0.25) is 4.98 Å². The summed E-state index contributed by atoms with van der Waals surface area (Å²) in [4.78, 5) is 3.83. The first kappa shape index (κ1) is 13.8. The first-order chi connectivity index (χ1) is 9.98. The molecule has 0 N–H and O–H groups in total. The molecule has 3 aromatic rings. The average molecular weight is 310 g/mol. The third-order valence-electron chi connectivity index (χ3n) is 2.99. The summed E-state index contributed by atoms with van der Waals surface area (Å²) in [5.74, 6) is 0. The van der Waals surface area contributed by atoms with Crippen LogP contribution in [0.5, 0.6) is 0 Å². The standard InChI is InChI=1S/C14H7ClF3N3/c15-11-9(4-3-8-5-7-20-21-12(8)11)13-10(14(16,17)18)2-1-6-19-13/h1-7H. The number of alkyl halides is 3. The Kier molecular flexibility index (Phi) is 3.25. The molecular weight excluding hydrogens is 303 g/mol. The van der Waals surface area contributed by atoms with E-state index in [9.17, 15) is 13.2 Å². The smallest absolute Gasteiger partial charge is 0.256 e. The van der Waals surface area contributed by atoms with Crippen molar-refractivity contribution in [1.29, 1.82) is 0 Å². The molecule has 3 rings (SSSR count). The number of benzene rings is 1. The fourth-order valence-corrected chi connectivity index (χ4v) is 2.35. The highest BCUT2D eigenvalue weighted by Crippen LogP contribution is 2.39. The molecule has 0 spiro atoms. The Morgan fingerprint density at radius 1 is 1.00 bits per heavy atom. The summed E-state index contributed by atoms with van der Waals surface area (Å²) in [6.45, 7) is 0. The molecule has 106 valence electrons. The average Bonchev–Trinajstić information content (AvgIpc) is 2.47. The van der Waals surface area contributed by atoms with Gasteiger partial charge in [0.25, 0.3) is 0 Å². The molecule has 0 aliphatic heterocycles. The number of rotatable bonds is 1. The number of hydrogen-bond donors (Lipinski definition) is 0. The Hall–Kier alpha value is -2.21. The van der Waals surface area contributed by atoms with E-state index in [4.69, 9.17) is 11.6 Å². The highest BCUT2D eigenvalue weighted by molar-refractivity contribution is 6.37. The largest absolute Gasteiger partial charge is 0.418 e. The summed E-state index contributed by atoms with van der Waals surface area (Å²) < 4.78 is 39.2. The van der Waals surface area contributed by atoms with E-state index < -0.39 is 11.7 Å². The van der Waals surface area contributed by atoms with Crippen LogP contribution in [0.15, 0.2) is 42.7 Å². The molecule has 0 saturated heterocycles. The second kappa shape index (κ2) is 4.96. The summed E-state index contributed by atoms with van der Waals surface area (Å²) >= 11 is 6.19. The van der Waals surface area contributed by atoms with Crippen molar-refractivity contribution in [2.75, 3.05) is 0 Å². The number of halogens is 4. The van der Waals surface area contributed by atoms with Gasteiger partial charge in [0.05, 0.1) is 22.5 Å². The van der Waals surface area contributed by atoms with Gasteiger partial charge in [-0.05, 0) is 18.2 Å². The zero-order valence-electron chi connectivity index (χ0n) is 10.4. The molecule has 0 saturated carbocycles. The Morgan fingerprint density at radius 3 is 2.57 bits per heavy atom. The van der Waals surface area contributed by atoms with Crippen molar-refractivity contribution in [2.45, 2.75) is 6.18 Å². The fraction of sp³-hybridized carbons (Fsp3) is 0.0714. The minimum absolute atomic E-state index is 0.102. The highest BCUT2D eigenvalue weighted by Gasteiger charge is 2.34. The molecule has 0 atom stereocenters. The maximum Gasteiger partial charge on any atom is 0.418 e. The first-order valence-electron chi connectivity index (χ1n) is 5.91.